The van der Waals surface area contributed by atoms with Gasteiger partial charge in [-0.2, -0.15) is 9.90 Å². The van der Waals surface area contributed by atoms with Crippen molar-refractivity contribution in [2.24, 2.45) is 0 Å². The summed E-state index contributed by atoms with van der Waals surface area (Å²) in [6.07, 6.45) is 0.725. The third-order valence-electron chi connectivity index (χ3n) is 3.19. The van der Waals surface area contributed by atoms with Gasteiger partial charge in [-0.25, -0.2) is 0 Å². The van der Waals surface area contributed by atoms with Crippen LogP contribution in [-0.4, -0.2) is 11.7 Å². The summed E-state index contributed by atoms with van der Waals surface area (Å²) in [5.41, 5.74) is 4.26. The molecule has 0 spiro atoms. The lowest BCUT2D eigenvalue weighted by Gasteiger charge is -2.11. The molecule has 2 nitrogen and oxygen atoms in total. The standard InChI is InChI=1S/C18H20O2.H3P/c1-14-7-9-18(10-8-14)20-13-15(2)11-16-5-3-4-6-17(16)12-19;/h3-10,19H,2,11-13H2,1H3;1H3. The molecule has 2 aromatic carbocycles. The molecule has 21 heavy (non-hydrogen) atoms. The monoisotopic (exact) mass is 302 g/mol. The first-order valence-electron chi connectivity index (χ1n) is 6.73. The van der Waals surface area contributed by atoms with Crippen LogP contribution in [0.4, 0.5) is 0 Å². The summed E-state index contributed by atoms with van der Waals surface area (Å²) in [7, 11) is 0. The predicted octanol–water partition coefficient (Wildman–Crippen LogP) is 3.72. The number of aryl methyl sites for hydroxylation is 1. The van der Waals surface area contributed by atoms with Gasteiger partial charge in [0.25, 0.3) is 0 Å². The number of rotatable bonds is 6. The summed E-state index contributed by atoms with van der Waals surface area (Å²) in [4.78, 5) is 0. The van der Waals surface area contributed by atoms with Crippen LogP contribution in [0.25, 0.3) is 0 Å². The molecule has 0 aromatic heterocycles. The molecule has 0 saturated heterocycles. The molecule has 0 radical (unpaired) electrons. The molecule has 112 valence electrons. The Morgan fingerprint density at radius 2 is 1.67 bits per heavy atom. The maximum absolute atomic E-state index is 9.30. The Morgan fingerprint density at radius 1 is 1.05 bits per heavy atom. The van der Waals surface area contributed by atoms with E-state index in [9.17, 15) is 5.11 Å². The fraction of sp³-hybridized carbons (Fsp3) is 0.222. The van der Waals surface area contributed by atoms with Crippen molar-refractivity contribution >= 4 is 9.90 Å². The van der Waals surface area contributed by atoms with Crippen LogP contribution in [0.5, 0.6) is 5.75 Å². The highest BCUT2D eigenvalue weighted by molar-refractivity contribution is 6.92. The van der Waals surface area contributed by atoms with Crippen molar-refractivity contribution in [2.75, 3.05) is 6.61 Å². The molecule has 0 aliphatic heterocycles. The maximum Gasteiger partial charge on any atom is 0.119 e. The van der Waals surface area contributed by atoms with E-state index in [2.05, 4.69) is 13.5 Å². The van der Waals surface area contributed by atoms with E-state index in [0.29, 0.717) is 6.61 Å². The second-order valence-corrected chi connectivity index (χ2v) is 4.96. The zero-order valence-corrected chi connectivity index (χ0v) is 13.9. The van der Waals surface area contributed by atoms with Crippen LogP contribution in [0.15, 0.2) is 60.7 Å². The summed E-state index contributed by atoms with van der Waals surface area (Å²) in [5, 5.41) is 9.30. The van der Waals surface area contributed by atoms with Gasteiger partial charge < -0.3 is 9.84 Å². The van der Waals surface area contributed by atoms with Gasteiger partial charge >= 0.3 is 0 Å². The van der Waals surface area contributed by atoms with Crippen LogP contribution in [0.2, 0.25) is 0 Å². The quantitative estimate of drug-likeness (QED) is 0.651. The molecule has 0 saturated carbocycles. The van der Waals surface area contributed by atoms with Gasteiger partial charge in [0.05, 0.1) is 6.61 Å². The predicted molar refractivity (Wildman–Crippen MR) is 93.0 cm³/mol. The first-order valence-corrected chi connectivity index (χ1v) is 6.73. The average molecular weight is 302 g/mol. The van der Waals surface area contributed by atoms with Crippen molar-refractivity contribution in [3.05, 3.63) is 77.4 Å². The highest BCUT2D eigenvalue weighted by Gasteiger charge is 2.04. The molecule has 1 unspecified atom stereocenters. The Kier molecular flexibility index (Phi) is 7.14. The molecule has 2 aromatic rings. The van der Waals surface area contributed by atoms with E-state index in [1.54, 1.807) is 0 Å². The number of hydrogen-bond acceptors (Lipinski definition) is 2. The minimum absolute atomic E-state index is 0. The smallest absolute Gasteiger partial charge is 0.119 e. The van der Waals surface area contributed by atoms with E-state index in [4.69, 9.17) is 4.74 Å². The third-order valence-corrected chi connectivity index (χ3v) is 3.19. The van der Waals surface area contributed by atoms with Gasteiger partial charge in [0.1, 0.15) is 12.4 Å². The number of aliphatic hydroxyl groups is 1. The van der Waals surface area contributed by atoms with Gasteiger partial charge in [0.2, 0.25) is 0 Å². The first-order chi connectivity index (χ1) is 9.69. The van der Waals surface area contributed by atoms with Gasteiger partial charge in [-0.3, -0.25) is 0 Å². The molecule has 2 rings (SSSR count). The minimum Gasteiger partial charge on any atom is -0.489 e. The number of aliphatic hydroxyl groups excluding tert-OH is 1. The van der Waals surface area contributed by atoms with E-state index >= 15 is 0 Å². The van der Waals surface area contributed by atoms with E-state index < -0.39 is 0 Å². The van der Waals surface area contributed by atoms with Crippen LogP contribution < -0.4 is 4.74 Å². The van der Waals surface area contributed by atoms with Gasteiger partial charge in [-0.15, -0.1) is 0 Å². The van der Waals surface area contributed by atoms with E-state index in [-0.39, 0.29) is 16.5 Å². The molecule has 0 amide bonds. The summed E-state index contributed by atoms with van der Waals surface area (Å²) >= 11 is 0. The molecular formula is C18H23O2P. The fourth-order valence-electron chi connectivity index (χ4n) is 2.02. The summed E-state index contributed by atoms with van der Waals surface area (Å²) in [5.74, 6) is 0.854. The first kappa shape index (κ1) is 17.4. The largest absolute Gasteiger partial charge is 0.489 e. The van der Waals surface area contributed by atoms with E-state index in [1.165, 1.54) is 5.56 Å². The van der Waals surface area contributed by atoms with E-state index in [0.717, 1.165) is 28.9 Å². The maximum atomic E-state index is 9.30. The van der Waals surface area contributed by atoms with Crippen LogP contribution in [0, 0.1) is 6.92 Å². The second kappa shape index (κ2) is 8.61. The van der Waals surface area contributed by atoms with Crippen molar-refractivity contribution < 1.29 is 9.84 Å². The lowest BCUT2D eigenvalue weighted by Crippen LogP contribution is -2.04. The van der Waals surface area contributed by atoms with Crippen molar-refractivity contribution in [2.45, 2.75) is 20.0 Å². The molecule has 0 bridgehead atoms. The SMILES string of the molecule is C=C(COc1ccc(C)cc1)Cc1ccccc1CO.P. The summed E-state index contributed by atoms with van der Waals surface area (Å²) in [6.45, 7) is 6.65. The normalized spacial score (nSPS) is 9.81. The van der Waals surface area contributed by atoms with Crippen molar-refractivity contribution in [3.63, 3.8) is 0 Å². The van der Waals surface area contributed by atoms with Crippen molar-refractivity contribution in [3.8, 4) is 5.75 Å². The van der Waals surface area contributed by atoms with Gasteiger partial charge in [0, 0.05) is 0 Å². The molecule has 1 N–H and O–H groups in total. The highest BCUT2D eigenvalue weighted by Crippen LogP contribution is 2.16. The Bertz CT molecular complexity index is 576. The Morgan fingerprint density at radius 3 is 2.29 bits per heavy atom. The molecule has 0 aliphatic carbocycles. The number of benzene rings is 2. The Labute approximate surface area is 130 Å². The van der Waals surface area contributed by atoms with Gasteiger partial charge in [0.15, 0.2) is 0 Å². The van der Waals surface area contributed by atoms with Crippen LogP contribution in [0.1, 0.15) is 16.7 Å². The van der Waals surface area contributed by atoms with Crippen molar-refractivity contribution in [1.82, 2.24) is 0 Å². The van der Waals surface area contributed by atoms with Crippen LogP contribution in [0.3, 0.4) is 0 Å². The van der Waals surface area contributed by atoms with Crippen LogP contribution in [-0.2, 0) is 13.0 Å². The zero-order valence-electron chi connectivity index (χ0n) is 12.5. The Balaban J connectivity index is 0.00000220. The van der Waals surface area contributed by atoms with E-state index in [1.807, 2.05) is 48.5 Å². The lowest BCUT2D eigenvalue weighted by molar-refractivity contribution is 0.280. The molecule has 3 heteroatoms. The topological polar surface area (TPSA) is 29.5 Å². The number of hydrogen-bond donors (Lipinski definition) is 1. The Hall–Kier alpha value is -1.63. The summed E-state index contributed by atoms with van der Waals surface area (Å²) in [6, 6.07) is 15.8. The molecular weight excluding hydrogens is 279 g/mol. The molecule has 0 heterocycles. The second-order valence-electron chi connectivity index (χ2n) is 4.96. The minimum atomic E-state index is 0. The lowest BCUT2D eigenvalue weighted by atomic mass is 10.0. The van der Waals surface area contributed by atoms with Crippen molar-refractivity contribution in [1.29, 1.82) is 0 Å². The summed E-state index contributed by atoms with van der Waals surface area (Å²) < 4.78 is 5.71. The van der Waals surface area contributed by atoms with Gasteiger partial charge in [-0.1, -0.05) is 48.5 Å². The zero-order chi connectivity index (χ0) is 14.4. The fourth-order valence-corrected chi connectivity index (χ4v) is 2.02. The van der Waals surface area contributed by atoms with Crippen LogP contribution >= 0.6 is 9.90 Å². The molecule has 0 fully saturated rings. The molecule has 1 atom stereocenters. The van der Waals surface area contributed by atoms with Gasteiger partial charge in [-0.05, 0) is 42.2 Å². The molecule has 0 aliphatic rings. The highest BCUT2D eigenvalue weighted by atomic mass is 31.0. The average Bonchev–Trinajstić information content (AvgIpc) is 2.47. The third kappa shape index (κ3) is 5.34. The number of ether oxygens (including phenoxy) is 1.